The fraction of sp³-hybridized carbons (Fsp3) is 0.182. The van der Waals surface area contributed by atoms with Crippen molar-refractivity contribution in [1.82, 2.24) is 9.78 Å². The molecule has 0 saturated heterocycles. The molecule has 0 unspecified atom stereocenters. The number of nitrogens with one attached hydrogen (secondary N) is 1. The Kier molecular flexibility index (Phi) is 4.49. The van der Waals surface area contributed by atoms with Crippen LogP contribution in [0.5, 0.6) is 5.75 Å². The van der Waals surface area contributed by atoms with Crippen molar-refractivity contribution < 1.29 is 13.2 Å². The number of sulfonamides is 1. The summed E-state index contributed by atoms with van der Waals surface area (Å²) in [4.78, 5) is -0.0845. The van der Waals surface area contributed by atoms with E-state index in [0.717, 1.165) is 0 Å². The average Bonchev–Trinajstić information content (AvgIpc) is 2.72. The van der Waals surface area contributed by atoms with Crippen LogP contribution in [0.15, 0.2) is 32.2 Å². The van der Waals surface area contributed by atoms with Crippen LogP contribution in [-0.4, -0.2) is 25.3 Å². The highest BCUT2D eigenvalue weighted by atomic mass is 79.9. The van der Waals surface area contributed by atoms with Crippen molar-refractivity contribution >= 4 is 53.4 Å². The van der Waals surface area contributed by atoms with E-state index in [1.165, 1.54) is 18.0 Å². The molecule has 0 bridgehead atoms. The average molecular weight is 440 g/mol. The molecule has 7 nitrogen and oxygen atoms in total. The number of nitrogens with two attached hydrogens (primary N) is 1. The van der Waals surface area contributed by atoms with Crippen LogP contribution in [0.4, 0.5) is 11.5 Å². The Balaban J connectivity index is 2.44. The largest absolute Gasteiger partial charge is 0.495 e. The predicted octanol–water partition coefficient (Wildman–Crippen LogP) is 2.34. The molecule has 0 radical (unpaired) electrons. The van der Waals surface area contributed by atoms with Crippen molar-refractivity contribution in [3.63, 3.8) is 0 Å². The van der Waals surface area contributed by atoms with Crippen LogP contribution in [-0.2, 0) is 17.1 Å². The molecule has 1 aromatic heterocycles. The highest BCUT2D eigenvalue weighted by Crippen LogP contribution is 2.35. The molecule has 0 fully saturated rings. The second-order valence-corrected chi connectivity index (χ2v) is 7.48. The number of hydrogen-bond acceptors (Lipinski definition) is 5. The first-order chi connectivity index (χ1) is 9.74. The van der Waals surface area contributed by atoms with Gasteiger partial charge in [-0.05, 0) is 37.9 Å². The molecular formula is C11H12Br2N4O3S. The predicted molar refractivity (Wildman–Crippen MR) is 86.8 cm³/mol. The van der Waals surface area contributed by atoms with Gasteiger partial charge in [-0.3, -0.25) is 9.40 Å². The molecule has 2 aromatic rings. The summed E-state index contributed by atoms with van der Waals surface area (Å²) in [6.45, 7) is 0. The third-order valence-corrected chi connectivity index (χ3v) is 5.26. The Morgan fingerprint density at radius 1 is 1.33 bits per heavy atom. The third-order valence-electron chi connectivity index (χ3n) is 2.60. The number of ether oxygens (including phenoxy) is 1. The summed E-state index contributed by atoms with van der Waals surface area (Å²) in [5, 5.41) is 3.82. The number of rotatable bonds is 4. The first kappa shape index (κ1) is 16.1. The van der Waals surface area contributed by atoms with Crippen molar-refractivity contribution in [2.45, 2.75) is 4.90 Å². The molecule has 21 heavy (non-hydrogen) atoms. The van der Waals surface area contributed by atoms with Crippen LogP contribution in [0.1, 0.15) is 0 Å². The molecule has 0 atom stereocenters. The number of aromatic nitrogens is 2. The maximum Gasteiger partial charge on any atom is 0.267 e. The number of nitrogens with zero attached hydrogens (tertiary/aromatic N) is 2. The second-order valence-electron chi connectivity index (χ2n) is 4.12. The number of hydrogen-bond donors (Lipinski definition) is 2. The Bertz CT molecular complexity index is 789. The van der Waals surface area contributed by atoms with Crippen molar-refractivity contribution in [2.75, 3.05) is 17.6 Å². The third kappa shape index (κ3) is 3.33. The lowest BCUT2D eigenvalue weighted by atomic mass is 10.3. The number of aryl methyl sites for hydroxylation is 1. The minimum Gasteiger partial charge on any atom is -0.495 e. The van der Waals surface area contributed by atoms with Gasteiger partial charge >= 0.3 is 0 Å². The van der Waals surface area contributed by atoms with Crippen molar-refractivity contribution in [3.05, 3.63) is 27.3 Å². The zero-order valence-electron chi connectivity index (χ0n) is 11.1. The van der Waals surface area contributed by atoms with Crippen LogP contribution in [0.25, 0.3) is 0 Å². The molecule has 114 valence electrons. The van der Waals surface area contributed by atoms with Crippen LogP contribution < -0.4 is 15.2 Å². The molecule has 0 amide bonds. The van der Waals surface area contributed by atoms with Gasteiger partial charge in [-0.2, -0.15) is 5.10 Å². The summed E-state index contributed by atoms with van der Waals surface area (Å²) in [5.74, 6) is 0.431. The number of methoxy groups -OCH3 is 1. The Morgan fingerprint density at radius 3 is 2.52 bits per heavy atom. The van der Waals surface area contributed by atoms with E-state index >= 15 is 0 Å². The molecule has 3 N–H and O–H groups in total. The highest BCUT2D eigenvalue weighted by molar-refractivity contribution is 9.11. The molecule has 1 aromatic carbocycles. The number of halogens is 2. The van der Waals surface area contributed by atoms with Gasteiger partial charge in [-0.1, -0.05) is 0 Å². The van der Waals surface area contributed by atoms with Gasteiger partial charge < -0.3 is 10.5 Å². The van der Waals surface area contributed by atoms with Crippen LogP contribution in [0.2, 0.25) is 0 Å². The van der Waals surface area contributed by atoms with E-state index in [-0.39, 0.29) is 10.7 Å². The quantitative estimate of drug-likeness (QED) is 0.761. The molecule has 0 aliphatic carbocycles. The zero-order valence-corrected chi connectivity index (χ0v) is 15.1. The normalized spacial score (nSPS) is 11.4. The fourth-order valence-electron chi connectivity index (χ4n) is 1.65. The minimum atomic E-state index is -3.84. The summed E-state index contributed by atoms with van der Waals surface area (Å²) in [6, 6.07) is 3.24. The lowest BCUT2D eigenvalue weighted by Gasteiger charge is -2.11. The number of nitrogen functional groups attached to an aromatic ring is 1. The smallest absolute Gasteiger partial charge is 0.267 e. The van der Waals surface area contributed by atoms with Gasteiger partial charge in [-0.15, -0.1) is 0 Å². The molecule has 2 rings (SSSR count). The Labute approximate surface area is 138 Å². The van der Waals surface area contributed by atoms with E-state index in [0.29, 0.717) is 20.4 Å². The molecule has 0 saturated carbocycles. The first-order valence-electron chi connectivity index (χ1n) is 5.59. The molecule has 0 aliphatic rings. The van der Waals surface area contributed by atoms with Gasteiger partial charge in [0.25, 0.3) is 10.0 Å². The lowest BCUT2D eigenvalue weighted by Crippen LogP contribution is -2.14. The van der Waals surface area contributed by atoms with Crippen molar-refractivity contribution in [1.29, 1.82) is 0 Å². The molecular weight excluding hydrogens is 428 g/mol. The SMILES string of the molecule is COc1cc(NS(=O)(=O)c2cn(C)nc2N)c(Br)cc1Br. The van der Waals surface area contributed by atoms with Crippen LogP contribution >= 0.6 is 31.9 Å². The van der Waals surface area contributed by atoms with E-state index < -0.39 is 10.0 Å². The van der Waals surface area contributed by atoms with E-state index in [1.807, 2.05) is 0 Å². The molecule has 1 heterocycles. The maximum absolute atomic E-state index is 12.4. The van der Waals surface area contributed by atoms with E-state index in [1.54, 1.807) is 19.2 Å². The van der Waals surface area contributed by atoms with E-state index in [4.69, 9.17) is 10.5 Å². The summed E-state index contributed by atoms with van der Waals surface area (Å²) in [5.41, 5.74) is 5.94. The monoisotopic (exact) mass is 438 g/mol. The zero-order chi connectivity index (χ0) is 15.8. The summed E-state index contributed by atoms with van der Waals surface area (Å²) in [7, 11) is -0.760. The Morgan fingerprint density at radius 2 is 2.00 bits per heavy atom. The molecule has 0 aliphatic heterocycles. The van der Waals surface area contributed by atoms with Gasteiger partial charge in [-0.25, -0.2) is 8.42 Å². The maximum atomic E-state index is 12.4. The van der Waals surface area contributed by atoms with Crippen LogP contribution in [0, 0.1) is 0 Å². The highest BCUT2D eigenvalue weighted by Gasteiger charge is 2.22. The fourth-order valence-corrected chi connectivity index (χ4v) is 4.22. The van der Waals surface area contributed by atoms with Gasteiger partial charge in [0.1, 0.15) is 10.6 Å². The second kappa shape index (κ2) is 5.85. The van der Waals surface area contributed by atoms with Crippen molar-refractivity contribution in [2.24, 2.45) is 7.05 Å². The standard InChI is InChI=1S/C11H12Br2N4O3S/c1-17-5-10(11(14)15-17)21(18,19)16-8-4-9(20-2)7(13)3-6(8)12/h3-5,16H,1-2H3,(H2,14,15). The van der Waals surface area contributed by atoms with Crippen LogP contribution in [0.3, 0.4) is 0 Å². The summed E-state index contributed by atoms with van der Waals surface area (Å²) in [6.07, 6.45) is 1.33. The molecule has 10 heteroatoms. The van der Waals surface area contributed by atoms with Crippen molar-refractivity contribution in [3.8, 4) is 5.75 Å². The van der Waals surface area contributed by atoms with Gasteiger partial charge in [0.2, 0.25) is 0 Å². The summed E-state index contributed by atoms with van der Waals surface area (Å²) < 4.78 is 34.9. The first-order valence-corrected chi connectivity index (χ1v) is 8.66. The van der Waals surface area contributed by atoms with E-state index in [2.05, 4.69) is 41.7 Å². The topological polar surface area (TPSA) is 99.2 Å². The van der Waals surface area contributed by atoms with Gasteiger partial charge in [0.05, 0.1) is 17.3 Å². The number of benzene rings is 1. The minimum absolute atomic E-state index is 0.0646. The Hall–Kier alpha value is -1.26. The van der Waals surface area contributed by atoms with Gasteiger partial charge in [0.15, 0.2) is 5.82 Å². The summed E-state index contributed by atoms with van der Waals surface area (Å²) >= 11 is 6.61. The van der Waals surface area contributed by atoms with E-state index in [9.17, 15) is 8.42 Å². The lowest BCUT2D eigenvalue weighted by molar-refractivity contribution is 0.412. The number of anilines is 2. The van der Waals surface area contributed by atoms with Gasteiger partial charge in [0, 0.05) is 23.8 Å². The molecule has 0 spiro atoms.